The molecular weight excluding hydrogens is 336 g/mol. The third-order valence-electron chi connectivity index (χ3n) is 5.19. The molecule has 1 aliphatic heterocycles. The van der Waals surface area contributed by atoms with Crippen molar-refractivity contribution in [2.75, 3.05) is 17.2 Å². The Morgan fingerprint density at radius 1 is 1.26 bits per heavy atom. The smallest absolute Gasteiger partial charge is 0.150 e. The van der Waals surface area contributed by atoms with Gasteiger partial charge in [0.25, 0.3) is 0 Å². The summed E-state index contributed by atoms with van der Waals surface area (Å²) in [4.78, 5) is 15.6. The minimum atomic E-state index is 0.429. The lowest BCUT2D eigenvalue weighted by Crippen LogP contribution is -2.26. The fraction of sp³-hybridized carbons (Fsp3) is 0.381. The third kappa shape index (κ3) is 4.10. The van der Waals surface area contributed by atoms with Crippen LogP contribution in [0, 0.1) is 0 Å². The van der Waals surface area contributed by atoms with Crippen molar-refractivity contribution in [1.29, 1.82) is 0 Å². The van der Waals surface area contributed by atoms with Crippen molar-refractivity contribution in [2.45, 2.75) is 45.7 Å². The van der Waals surface area contributed by atoms with Gasteiger partial charge >= 0.3 is 0 Å². The first-order valence-corrected chi connectivity index (χ1v) is 9.62. The highest BCUT2D eigenvalue weighted by Crippen LogP contribution is 2.31. The van der Waals surface area contributed by atoms with Gasteiger partial charge in [-0.05, 0) is 57.0 Å². The van der Waals surface area contributed by atoms with Crippen molar-refractivity contribution in [1.82, 2.24) is 19.9 Å². The van der Waals surface area contributed by atoms with Gasteiger partial charge in [-0.3, -0.25) is 4.98 Å². The van der Waals surface area contributed by atoms with E-state index < -0.39 is 0 Å². The summed E-state index contributed by atoms with van der Waals surface area (Å²) in [6.45, 7) is 6.26. The van der Waals surface area contributed by atoms with E-state index in [1.807, 2.05) is 0 Å². The van der Waals surface area contributed by atoms with Gasteiger partial charge in [-0.25, -0.2) is 9.97 Å². The van der Waals surface area contributed by atoms with Crippen LogP contribution in [0.5, 0.6) is 0 Å². The summed E-state index contributed by atoms with van der Waals surface area (Å²) in [6, 6.07) is 2.52. The SMILES string of the molecule is CCN1C=Cc2cc(Nc3cnccn3)nc(NC3CC=C(C)CC3)c2C1. The number of nitrogens with zero attached hydrogens (tertiary/aromatic N) is 4. The molecule has 0 saturated heterocycles. The van der Waals surface area contributed by atoms with Crippen LogP contribution in [0.3, 0.4) is 0 Å². The first-order chi connectivity index (χ1) is 13.2. The Bertz CT molecular complexity index is 858. The molecule has 140 valence electrons. The molecule has 1 aliphatic carbocycles. The molecule has 4 rings (SSSR count). The molecule has 1 unspecified atom stereocenters. The summed E-state index contributed by atoms with van der Waals surface area (Å²) >= 11 is 0. The number of allylic oxidation sites excluding steroid dienone is 1. The number of anilines is 3. The van der Waals surface area contributed by atoms with Crippen molar-refractivity contribution < 1.29 is 0 Å². The van der Waals surface area contributed by atoms with Crippen LogP contribution in [0.4, 0.5) is 17.5 Å². The molecular formula is C21H26N6. The molecule has 0 radical (unpaired) electrons. The van der Waals surface area contributed by atoms with Crippen molar-refractivity contribution in [3.63, 3.8) is 0 Å². The molecule has 0 saturated carbocycles. The summed E-state index contributed by atoms with van der Waals surface area (Å²) in [5.74, 6) is 2.45. The normalized spacial score (nSPS) is 18.7. The Hall–Kier alpha value is -2.89. The Morgan fingerprint density at radius 3 is 2.93 bits per heavy atom. The highest BCUT2D eigenvalue weighted by atomic mass is 15.1. The molecule has 2 aromatic heterocycles. The Morgan fingerprint density at radius 2 is 2.19 bits per heavy atom. The number of fused-ring (bicyclic) bond motifs is 1. The van der Waals surface area contributed by atoms with E-state index in [9.17, 15) is 0 Å². The third-order valence-corrected chi connectivity index (χ3v) is 5.19. The van der Waals surface area contributed by atoms with Gasteiger partial charge in [0.15, 0.2) is 0 Å². The van der Waals surface area contributed by atoms with E-state index in [1.54, 1.807) is 18.6 Å². The molecule has 0 amide bonds. The largest absolute Gasteiger partial charge is 0.373 e. The van der Waals surface area contributed by atoms with Crippen LogP contribution in [0.25, 0.3) is 6.08 Å². The number of rotatable bonds is 5. The van der Waals surface area contributed by atoms with Crippen molar-refractivity contribution in [3.8, 4) is 0 Å². The lowest BCUT2D eigenvalue weighted by Gasteiger charge is -2.29. The highest BCUT2D eigenvalue weighted by molar-refractivity contribution is 5.69. The van der Waals surface area contributed by atoms with Crippen LogP contribution in [0.15, 0.2) is 42.5 Å². The molecule has 0 fully saturated rings. The van der Waals surface area contributed by atoms with Gasteiger partial charge in [0.05, 0.1) is 6.20 Å². The van der Waals surface area contributed by atoms with E-state index in [0.29, 0.717) is 11.9 Å². The maximum Gasteiger partial charge on any atom is 0.150 e. The molecule has 6 heteroatoms. The highest BCUT2D eigenvalue weighted by Gasteiger charge is 2.20. The van der Waals surface area contributed by atoms with E-state index in [4.69, 9.17) is 4.98 Å². The minimum Gasteiger partial charge on any atom is -0.373 e. The average molecular weight is 362 g/mol. The van der Waals surface area contributed by atoms with Gasteiger partial charge in [-0.1, -0.05) is 11.6 Å². The van der Waals surface area contributed by atoms with E-state index in [0.717, 1.165) is 44.0 Å². The predicted molar refractivity (Wildman–Crippen MR) is 110 cm³/mol. The Balaban J connectivity index is 1.64. The number of aromatic nitrogens is 3. The van der Waals surface area contributed by atoms with Crippen molar-refractivity contribution in [2.24, 2.45) is 0 Å². The first-order valence-electron chi connectivity index (χ1n) is 9.62. The number of pyridine rings is 1. The second kappa shape index (κ2) is 7.78. The molecule has 2 aliphatic rings. The molecule has 6 nitrogen and oxygen atoms in total. The number of hydrogen-bond acceptors (Lipinski definition) is 6. The monoisotopic (exact) mass is 362 g/mol. The lowest BCUT2D eigenvalue weighted by molar-refractivity contribution is 0.387. The Labute approximate surface area is 160 Å². The zero-order valence-corrected chi connectivity index (χ0v) is 15.9. The maximum atomic E-state index is 4.89. The molecule has 0 bridgehead atoms. The molecule has 27 heavy (non-hydrogen) atoms. The lowest BCUT2D eigenvalue weighted by atomic mass is 9.96. The standard InChI is InChI=1S/C21H26N6/c1-3-27-11-8-16-12-19(25-20-13-22-9-10-23-20)26-21(18(16)14-27)24-17-6-4-15(2)5-7-17/h4,8-13,17H,3,5-7,14H2,1-2H3,(H2,23,24,25,26). The molecule has 0 aromatic carbocycles. The fourth-order valence-electron chi connectivity index (χ4n) is 3.53. The zero-order chi connectivity index (χ0) is 18.6. The van der Waals surface area contributed by atoms with E-state index >= 15 is 0 Å². The molecule has 1 atom stereocenters. The Kier molecular flexibility index (Phi) is 5.05. The second-order valence-electron chi connectivity index (χ2n) is 7.18. The number of hydrogen-bond donors (Lipinski definition) is 2. The van der Waals surface area contributed by atoms with Crippen LogP contribution < -0.4 is 10.6 Å². The van der Waals surface area contributed by atoms with E-state index in [2.05, 4.69) is 63.8 Å². The molecule has 0 spiro atoms. The van der Waals surface area contributed by atoms with Crippen LogP contribution in [-0.4, -0.2) is 32.4 Å². The van der Waals surface area contributed by atoms with Gasteiger partial charge in [0.1, 0.15) is 17.5 Å². The van der Waals surface area contributed by atoms with Crippen LogP contribution >= 0.6 is 0 Å². The number of nitrogens with one attached hydrogen (secondary N) is 2. The van der Waals surface area contributed by atoms with Gasteiger partial charge in [0.2, 0.25) is 0 Å². The van der Waals surface area contributed by atoms with Gasteiger partial charge in [-0.15, -0.1) is 0 Å². The summed E-state index contributed by atoms with van der Waals surface area (Å²) in [5.41, 5.74) is 3.95. The first kappa shape index (κ1) is 17.5. The van der Waals surface area contributed by atoms with E-state index in [-0.39, 0.29) is 0 Å². The van der Waals surface area contributed by atoms with E-state index in [1.165, 1.54) is 16.7 Å². The van der Waals surface area contributed by atoms with Gasteiger partial charge < -0.3 is 15.5 Å². The molecule has 3 heterocycles. The van der Waals surface area contributed by atoms with Gasteiger partial charge in [0, 0.05) is 37.1 Å². The zero-order valence-electron chi connectivity index (χ0n) is 15.9. The van der Waals surface area contributed by atoms with Crippen molar-refractivity contribution >= 4 is 23.5 Å². The van der Waals surface area contributed by atoms with Crippen molar-refractivity contribution in [3.05, 3.63) is 53.6 Å². The van der Waals surface area contributed by atoms with Crippen LogP contribution in [-0.2, 0) is 6.54 Å². The fourth-order valence-corrected chi connectivity index (χ4v) is 3.53. The molecule has 2 aromatic rings. The topological polar surface area (TPSA) is 66.0 Å². The van der Waals surface area contributed by atoms with Gasteiger partial charge in [-0.2, -0.15) is 0 Å². The van der Waals surface area contributed by atoms with Crippen LogP contribution in [0.1, 0.15) is 44.2 Å². The summed E-state index contributed by atoms with van der Waals surface area (Å²) in [5, 5.41) is 6.99. The molecule has 2 N–H and O–H groups in total. The van der Waals surface area contributed by atoms with Crippen LogP contribution in [0.2, 0.25) is 0 Å². The minimum absolute atomic E-state index is 0.429. The quantitative estimate of drug-likeness (QED) is 0.772. The average Bonchev–Trinajstić information content (AvgIpc) is 2.70. The summed E-state index contributed by atoms with van der Waals surface area (Å²) in [7, 11) is 0. The maximum absolute atomic E-state index is 4.89. The summed E-state index contributed by atoms with van der Waals surface area (Å²) < 4.78 is 0. The second-order valence-corrected chi connectivity index (χ2v) is 7.18. The summed E-state index contributed by atoms with van der Waals surface area (Å²) in [6.07, 6.45) is 15.1. The predicted octanol–water partition coefficient (Wildman–Crippen LogP) is 4.33.